The molecule has 0 bridgehead atoms. The number of fused-ring (bicyclic) bond motifs is 1. The van der Waals surface area contributed by atoms with Gasteiger partial charge in [0.2, 0.25) is 29.5 Å². The summed E-state index contributed by atoms with van der Waals surface area (Å²) in [4.78, 5) is 77.9. The van der Waals surface area contributed by atoms with Crippen molar-refractivity contribution in [3.8, 4) is 0 Å². The van der Waals surface area contributed by atoms with E-state index in [9.17, 15) is 33.9 Å². The molecular formula is C24H31N7O7. The number of para-hydroxylation sites is 1. The van der Waals surface area contributed by atoms with Gasteiger partial charge < -0.3 is 42.8 Å². The van der Waals surface area contributed by atoms with Gasteiger partial charge >= 0.3 is 5.97 Å². The molecule has 10 N–H and O–H groups in total. The molecule has 1 aromatic heterocycles. The summed E-state index contributed by atoms with van der Waals surface area (Å²) in [5.41, 5.74) is 17.6. The number of nitrogens with one attached hydrogen (secondary N) is 3. The van der Waals surface area contributed by atoms with Gasteiger partial charge in [0, 0.05) is 30.1 Å². The maximum atomic E-state index is 13.4. The van der Waals surface area contributed by atoms with Gasteiger partial charge in [0.25, 0.3) is 0 Å². The maximum Gasteiger partial charge on any atom is 0.326 e. The van der Waals surface area contributed by atoms with Crippen LogP contribution in [0.4, 0.5) is 0 Å². The Bertz CT molecular complexity index is 1240. The van der Waals surface area contributed by atoms with Crippen molar-refractivity contribution in [1.82, 2.24) is 20.5 Å². The Kier molecular flexibility index (Phi) is 9.02. The van der Waals surface area contributed by atoms with Crippen LogP contribution in [0.15, 0.2) is 30.5 Å². The molecule has 4 atom stereocenters. The van der Waals surface area contributed by atoms with E-state index in [2.05, 4.69) is 15.6 Å². The van der Waals surface area contributed by atoms with Crippen molar-refractivity contribution < 1.29 is 33.9 Å². The first-order chi connectivity index (χ1) is 18.0. The average Bonchev–Trinajstić information content (AvgIpc) is 3.49. The lowest BCUT2D eigenvalue weighted by atomic mass is 10.0. The van der Waals surface area contributed by atoms with Gasteiger partial charge in [0.15, 0.2) is 0 Å². The molecular weight excluding hydrogens is 498 g/mol. The molecule has 0 spiro atoms. The molecule has 2 aromatic rings. The molecule has 1 aliphatic heterocycles. The number of rotatable bonds is 12. The summed E-state index contributed by atoms with van der Waals surface area (Å²) in [5, 5.41) is 15.2. The normalized spacial score (nSPS) is 17.4. The van der Waals surface area contributed by atoms with Crippen LogP contribution in [-0.4, -0.2) is 81.2 Å². The number of carboxylic acids is 1. The third-order valence-corrected chi connectivity index (χ3v) is 6.33. The van der Waals surface area contributed by atoms with Gasteiger partial charge in [-0.15, -0.1) is 0 Å². The van der Waals surface area contributed by atoms with Crippen molar-refractivity contribution in [2.75, 3.05) is 6.54 Å². The molecule has 5 amide bonds. The van der Waals surface area contributed by atoms with E-state index in [1.165, 1.54) is 0 Å². The Morgan fingerprint density at radius 2 is 1.66 bits per heavy atom. The maximum absolute atomic E-state index is 13.4. The smallest absolute Gasteiger partial charge is 0.326 e. The zero-order chi connectivity index (χ0) is 28.0. The minimum Gasteiger partial charge on any atom is -0.480 e. The van der Waals surface area contributed by atoms with Crippen molar-refractivity contribution >= 4 is 46.4 Å². The Labute approximate surface area is 217 Å². The van der Waals surface area contributed by atoms with Crippen molar-refractivity contribution in [2.24, 2.45) is 17.2 Å². The summed E-state index contributed by atoms with van der Waals surface area (Å²) in [6.45, 7) is 0.137. The molecule has 204 valence electrons. The van der Waals surface area contributed by atoms with Crippen molar-refractivity contribution in [2.45, 2.75) is 56.3 Å². The highest BCUT2D eigenvalue weighted by Crippen LogP contribution is 2.21. The van der Waals surface area contributed by atoms with Crippen LogP contribution in [0.2, 0.25) is 0 Å². The lowest BCUT2D eigenvalue weighted by molar-refractivity contribution is -0.149. The number of carboxylic acid groups (broad SMARTS) is 1. The second-order valence-corrected chi connectivity index (χ2v) is 9.16. The highest BCUT2D eigenvalue weighted by atomic mass is 16.4. The molecule has 2 heterocycles. The van der Waals surface area contributed by atoms with E-state index >= 15 is 0 Å². The topological polar surface area (TPSA) is 244 Å². The fraction of sp³-hybridized carbons (Fsp3) is 0.417. The van der Waals surface area contributed by atoms with Crippen molar-refractivity contribution in [3.63, 3.8) is 0 Å². The molecule has 1 aromatic carbocycles. The molecule has 0 aliphatic carbocycles. The third-order valence-electron chi connectivity index (χ3n) is 6.33. The van der Waals surface area contributed by atoms with Crippen molar-refractivity contribution in [1.29, 1.82) is 0 Å². The predicted octanol–water partition coefficient (Wildman–Crippen LogP) is -2.17. The van der Waals surface area contributed by atoms with Crippen LogP contribution in [0, 0.1) is 0 Å². The molecule has 1 aliphatic rings. The molecule has 38 heavy (non-hydrogen) atoms. The number of carbonyl (C=O) groups excluding carboxylic acids is 5. The molecule has 0 radical (unpaired) electrons. The van der Waals surface area contributed by atoms with Gasteiger partial charge in [0.05, 0.1) is 18.9 Å². The molecule has 14 heteroatoms. The van der Waals surface area contributed by atoms with Gasteiger partial charge in [-0.25, -0.2) is 4.79 Å². The number of benzene rings is 1. The van der Waals surface area contributed by atoms with Gasteiger partial charge in [0.1, 0.15) is 18.1 Å². The number of aromatic amines is 1. The number of aromatic nitrogens is 1. The molecule has 4 unspecified atom stereocenters. The summed E-state index contributed by atoms with van der Waals surface area (Å²) in [7, 11) is 0. The monoisotopic (exact) mass is 529 g/mol. The summed E-state index contributed by atoms with van der Waals surface area (Å²) in [6.07, 6.45) is 1.26. The number of H-pyrrole nitrogens is 1. The van der Waals surface area contributed by atoms with Crippen LogP contribution in [0.1, 0.15) is 31.2 Å². The number of primary amides is 2. The van der Waals surface area contributed by atoms with Gasteiger partial charge in [-0.05, 0) is 24.5 Å². The summed E-state index contributed by atoms with van der Waals surface area (Å²) in [5.74, 6) is -5.34. The summed E-state index contributed by atoms with van der Waals surface area (Å²) >= 11 is 0. The van der Waals surface area contributed by atoms with Crippen LogP contribution in [0.3, 0.4) is 0 Å². The van der Waals surface area contributed by atoms with Crippen LogP contribution in [-0.2, 0) is 35.2 Å². The van der Waals surface area contributed by atoms with Crippen LogP contribution < -0.4 is 27.8 Å². The van der Waals surface area contributed by atoms with E-state index in [1.54, 1.807) is 12.3 Å². The van der Waals surface area contributed by atoms with Gasteiger partial charge in [-0.2, -0.15) is 0 Å². The molecule has 3 rings (SSSR count). The van der Waals surface area contributed by atoms with E-state index in [0.29, 0.717) is 12.0 Å². The average molecular weight is 530 g/mol. The van der Waals surface area contributed by atoms with Crippen LogP contribution in [0.5, 0.6) is 0 Å². The minimum atomic E-state index is -1.46. The Balaban J connectivity index is 1.86. The molecule has 0 saturated carbocycles. The van der Waals surface area contributed by atoms with E-state index in [1.807, 2.05) is 18.2 Å². The number of aliphatic carboxylic acids is 1. The summed E-state index contributed by atoms with van der Waals surface area (Å²) in [6, 6.07) is 2.10. The first-order valence-electron chi connectivity index (χ1n) is 12.0. The number of hydrogen-bond acceptors (Lipinski definition) is 7. The van der Waals surface area contributed by atoms with E-state index in [-0.39, 0.29) is 19.4 Å². The summed E-state index contributed by atoms with van der Waals surface area (Å²) < 4.78 is 0. The Morgan fingerprint density at radius 3 is 2.32 bits per heavy atom. The number of carbonyl (C=O) groups is 6. The van der Waals surface area contributed by atoms with E-state index in [4.69, 9.17) is 17.2 Å². The number of amides is 5. The molecule has 1 fully saturated rings. The zero-order valence-electron chi connectivity index (χ0n) is 20.5. The fourth-order valence-corrected chi connectivity index (χ4v) is 4.48. The largest absolute Gasteiger partial charge is 0.480 e. The van der Waals surface area contributed by atoms with Crippen molar-refractivity contribution in [3.05, 3.63) is 36.0 Å². The minimum absolute atomic E-state index is 0.0379. The molecule has 1 saturated heterocycles. The lowest BCUT2D eigenvalue weighted by Crippen LogP contribution is -2.58. The number of nitrogens with two attached hydrogens (primary N) is 3. The lowest BCUT2D eigenvalue weighted by Gasteiger charge is -2.28. The van der Waals surface area contributed by atoms with Crippen LogP contribution in [0.25, 0.3) is 10.9 Å². The molecule has 14 nitrogen and oxygen atoms in total. The fourth-order valence-electron chi connectivity index (χ4n) is 4.48. The Morgan fingerprint density at radius 1 is 1.00 bits per heavy atom. The second-order valence-electron chi connectivity index (χ2n) is 9.16. The number of hydrogen-bond donors (Lipinski definition) is 7. The van der Waals surface area contributed by atoms with E-state index in [0.717, 1.165) is 15.8 Å². The van der Waals surface area contributed by atoms with Gasteiger partial charge in [-0.1, -0.05) is 18.2 Å². The SMILES string of the molecule is NC(=O)CC(N)C(=O)NC(Cc1c[nH]c2ccccc12)C(=O)NC(CC(N)=O)C(=O)N1CCCC1C(=O)O. The first kappa shape index (κ1) is 28.1. The number of likely N-dealkylation sites (tertiary alicyclic amines) is 1. The quantitative estimate of drug-likeness (QED) is 0.159. The second kappa shape index (κ2) is 12.2. The third kappa shape index (κ3) is 6.85. The number of nitrogens with zero attached hydrogens (tertiary/aromatic N) is 1. The zero-order valence-corrected chi connectivity index (χ0v) is 20.5. The first-order valence-corrected chi connectivity index (χ1v) is 12.0. The standard InChI is InChI=1S/C24H31N7O7/c25-14(9-19(26)32)21(34)29-16(8-12-11-28-15-5-2-1-4-13(12)15)22(35)30-17(10-20(27)33)23(36)31-7-3-6-18(31)24(37)38/h1-2,4-5,11,14,16-18,28H,3,6-10,25H2,(H2,26,32)(H2,27,33)(H,29,34)(H,30,35)(H,37,38). The highest BCUT2D eigenvalue weighted by molar-refractivity contribution is 5.97. The predicted molar refractivity (Wildman–Crippen MR) is 134 cm³/mol. The highest BCUT2D eigenvalue weighted by Gasteiger charge is 2.39. The van der Waals surface area contributed by atoms with E-state index < -0.39 is 72.5 Å². The van der Waals surface area contributed by atoms with Crippen LogP contribution >= 0.6 is 0 Å². The van der Waals surface area contributed by atoms with Gasteiger partial charge in [-0.3, -0.25) is 24.0 Å². The Hall–Kier alpha value is -4.46.